The molecule has 1 fully saturated rings. The Morgan fingerprint density at radius 1 is 1.44 bits per heavy atom. The number of aromatic amines is 1. The van der Waals surface area contributed by atoms with Gasteiger partial charge in [-0.2, -0.15) is 0 Å². The summed E-state index contributed by atoms with van der Waals surface area (Å²) < 4.78 is 25.0. The van der Waals surface area contributed by atoms with E-state index in [9.17, 15) is 9.18 Å². The van der Waals surface area contributed by atoms with E-state index in [0.717, 1.165) is 12.8 Å². The van der Waals surface area contributed by atoms with Crippen LogP contribution < -0.4 is 0 Å². The maximum atomic E-state index is 13.9. The Labute approximate surface area is 143 Å². The Hall–Kier alpha value is -2.67. The number of furan rings is 1. The second-order valence-electron chi connectivity index (χ2n) is 6.15. The van der Waals surface area contributed by atoms with Crippen LogP contribution in [0.4, 0.5) is 4.39 Å². The van der Waals surface area contributed by atoms with Crippen molar-refractivity contribution < 1.29 is 18.3 Å². The van der Waals surface area contributed by atoms with Crippen LogP contribution in [0.5, 0.6) is 0 Å². The summed E-state index contributed by atoms with van der Waals surface area (Å²) in [5, 5.41) is 0. The number of carbonyl (C=O) groups excluding carboxylic acids is 1. The molecule has 1 N–H and O–H groups in total. The van der Waals surface area contributed by atoms with Gasteiger partial charge in [0.1, 0.15) is 17.1 Å². The Balaban J connectivity index is 1.66. The molecule has 1 saturated heterocycles. The van der Waals surface area contributed by atoms with E-state index in [1.54, 1.807) is 17.2 Å². The first-order valence-electron chi connectivity index (χ1n) is 8.26. The fourth-order valence-corrected chi connectivity index (χ4v) is 3.19. The van der Waals surface area contributed by atoms with Crippen LogP contribution in [0.15, 0.2) is 41.3 Å². The summed E-state index contributed by atoms with van der Waals surface area (Å²) in [6.07, 6.45) is 4.90. The maximum absolute atomic E-state index is 13.9. The van der Waals surface area contributed by atoms with Crippen molar-refractivity contribution in [1.29, 1.82) is 0 Å². The van der Waals surface area contributed by atoms with Crippen molar-refractivity contribution >= 4 is 16.9 Å². The number of aromatic nitrogens is 2. The van der Waals surface area contributed by atoms with Gasteiger partial charge in [0, 0.05) is 13.2 Å². The van der Waals surface area contributed by atoms with Gasteiger partial charge in [0.05, 0.1) is 36.3 Å². The smallest absolute Gasteiger partial charge is 0.256 e. The van der Waals surface area contributed by atoms with E-state index < -0.39 is 5.82 Å². The first-order chi connectivity index (χ1) is 12.2. The summed E-state index contributed by atoms with van der Waals surface area (Å²) in [4.78, 5) is 21.8. The number of carbonyl (C=O) groups is 1. The van der Waals surface area contributed by atoms with E-state index in [1.807, 2.05) is 6.07 Å². The summed E-state index contributed by atoms with van der Waals surface area (Å²) in [6.45, 7) is 1.44. The molecule has 1 aliphatic rings. The molecule has 1 amide bonds. The van der Waals surface area contributed by atoms with E-state index in [2.05, 4.69) is 9.97 Å². The van der Waals surface area contributed by atoms with Gasteiger partial charge >= 0.3 is 0 Å². The Morgan fingerprint density at radius 3 is 3.12 bits per heavy atom. The molecule has 25 heavy (non-hydrogen) atoms. The molecule has 1 aromatic carbocycles. The molecule has 3 aromatic rings. The van der Waals surface area contributed by atoms with Crippen LogP contribution in [-0.4, -0.2) is 40.0 Å². The van der Waals surface area contributed by atoms with E-state index in [0.29, 0.717) is 36.5 Å². The van der Waals surface area contributed by atoms with Crippen molar-refractivity contribution in [3.63, 3.8) is 0 Å². The number of nitrogens with zero attached hydrogens (tertiary/aromatic N) is 2. The third-order valence-corrected chi connectivity index (χ3v) is 4.38. The molecular formula is C18H18FN3O3. The van der Waals surface area contributed by atoms with Crippen molar-refractivity contribution in [2.45, 2.75) is 25.5 Å². The molecule has 4 rings (SSSR count). The largest absolute Gasteiger partial charge is 0.467 e. The number of rotatable bonds is 5. The Kier molecular flexibility index (Phi) is 4.23. The average molecular weight is 343 g/mol. The van der Waals surface area contributed by atoms with Gasteiger partial charge in [-0.25, -0.2) is 9.37 Å². The van der Waals surface area contributed by atoms with Crippen molar-refractivity contribution in [3.05, 3.63) is 54.0 Å². The number of hydrogen-bond donors (Lipinski definition) is 1. The number of H-pyrrole nitrogens is 1. The van der Waals surface area contributed by atoms with Gasteiger partial charge in [0.25, 0.3) is 5.91 Å². The van der Waals surface area contributed by atoms with Crippen molar-refractivity contribution in [1.82, 2.24) is 14.9 Å². The van der Waals surface area contributed by atoms with Crippen LogP contribution >= 0.6 is 0 Å². The number of fused-ring (bicyclic) bond motifs is 1. The van der Waals surface area contributed by atoms with E-state index in [1.165, 1.54) is 18.5 Å². The lowest BCUT2D eigenvalue weighted by atomic mass is 10.1. The van der Waals surface area contributed by atoms with Gasteiger partial charge in [0.15, 0.2) is 0 Å². The third-order valence-electron chi connectivity index (χ3n) is 4.38. The van der Waals surface area contributed by atoms with Crippen LogP contribution in [0.25, 0.3) is 11.0 Å². The van der Waals surface area contributed by atoms with Crippen molar-refractivity contribution in [2.24, 2.45) is 0 Å². The fraction of sp³-hybridized carbons (Fsp3) is 0.333. The van der Waals surface area contributed by atoms with Crippen LogP contribution in [0, 0.1) is 5.82 Å². The lowest BCUT2D eigenvalue weighted by Gasteiger charge is -2.25. The lowest BCUT2D eigenvalue weighted by Crippen LogP contribution is -2.37. The molecule has 0 aliphatic carbocycles. The van der Waals surface area contributed by atoms with Gasteiger partial charge in [-0.05, 0) is 37.1 Å². The van der Waals surface area contributed by atoms with E-state index in [-0.39, 0.29) is 17.6 Å². The van der Waals surface area contributed by atoms with E-state index >= 15 is 0 Å². The summed E-state index contributed by atoms with van der Waals surface area (Å²) >= 11 is 0. The van der Waals surface area contributed by atoms with E-state index in [4.69, 9.17) is 9.15 Å². The van der Waals surface area contributed by atoms with Crippen molar-refractivity contribution in [2.75, 3.05) is 13.2 Å². The SMILES string of the molecule is O=C(c1cc(F)cc2[nH]cnc12)N(Cc1ccco1)CC1CCCO1. The highest BCUT2D eigenvalue weighted by atomic mass is 19.1. The number of amides is 1. The molecule has 1 unspecified atom stereocenters. The van der Waals surface area contributed by atoms with Gasteiger partial charge < -0.3 is 19.0 Å². The average Bonchev–Trinajstić information content (AvgIpc) is 3.35. The molecule has 1 aliphatic heterocycles. The second kappa shape index (κ2) is 6.68. The molecular weight excluding hydrogens is 325 g/mol. The highest BCUT2D eigenvalue weighted by Crippen LogP contribution is 2.22. The predicted molar refractivity (Wildman–Crippen MR) is 88.5 cm³/mol. The first kappa shape index (κ1) is 15.8. The minimum Gasteiger partial charge on any atom is -0.467 e. The van der Waals surface area contributed by atoms with Crippen LogP contribution in [-0.2, 0) is 11.3 Å². The number of nitrogens with one attached hydrogen (secondary N) is 1. The minimum absolute atomic E-state index is 0.0119. The molecule has 2 aromatic heterocycles. The number of hydrogen-bond acceptors (Lipinski definition) is 4. The Morgan fingerprint density at radius 2 is 2.36 bits per heavy atom. The van der Waals surface area contributed by atoms with Crippen LogP contribution in [0.3, 0.4) is 0 Å². The number of benzene rings is 1. The molecule has 3 heterocycles. The third kappa shape index (κ3) is 3.28. The fourth-order valence-electron chi connectivity index (χ4n) is 3.19. The zero-order valence-corrected chi connectivity index (χ0v) is 13.6. The molecule has 0 spiro atoms. The van der Waals surface area contributed by atoms with Crippen LogP contribution in [0.2, 0.25) is 0 Å². The van der Waals surface area contributed by atoms with Crippen LogP contribution in [0.1, 0.15) is 29.0 Å². The zero-order valence-electron chi connectivity index (χ0n) is 13.6. The van der Waals surface area contributed by atoms with Gasteiger partial charge in [-0.15, -0.1) is 0 Å². The monoisotopic (exact) mass is 343 g/mol. The Bertz CT molecular complexity index is 869. The zero-order chi connectivity index (χ0) is 17.2. The number of ether oxygens (including phenoxy) is 1. The number of imidazole rings is 1. The molecule has 1 atom stereocenters. The highest BCUT2D eigenvalue weighted by molar-refractivity contribution is 6.04. The molecule has 0 radical (unpaired) electrons. The maximum Gasteiger partial charge on any atom is 0.256 e. The normalized spacial score (nSPS) is 17.2. The highest BCUT2D eigenvalue weighted by Gasteiger charge is 2.26. The van der Waals surface area contributed by atoms with Crippen molar-refractivity contribution in [3.8, 4) is 0 Å². The molecule has 0 bridgehead atoms. The summed E-state index contributed by atoms with van der Waals surface area (Å²) in [7, 11) is 0. The summed E-state index contributed by atoms with van der Waals surface area (Å²) in [5.74, 6) is -0.0975. The standard InChI is InChI=1S/C18H18FN3O3/c19-12-7-15(17-16(8-12)20-11-21-17)18(23)22(9-13-3-1-5-24-13)10-14-4-2-6-25-14/h1,3,5,7-8,11,14H,2,4,6,9-10H2,(H,20,21). The van der Waals surface area contributed by atoms with Gasteiger partial charge in [-0.3, -0.25) is 4.79 Å². The molecule has 7 heteroatoms. The topological polar surface area (TPSA) is 71.4 Å². The number of halogens is 1. The summed E-state index contributed by atoms with van der Waals surface area (Å²) in [5.41, 5.74) is 1.20. The first-order valence-corrected chi connectivity index (χ1v) is 8.26. The van der Waals surface area contributed by atoms with Gasteiger partial charge in [-0.1, -0.05) is 0 Å². The minimum atomic E-state index is -0.477. The quantitative estimate of drug-likeness (QED) is 0.773. The van der Waals surface area contributed by atoms with Gasteiger partial charge in [0.2, 0.25) is 0 Å². The summed E-state index contributed by atoms with van der Waals surface area (Å²) in [6, 6.07) is 6.15. The lowest BCUT2D eigenvalue weighted by molar-refractivity contribution is 0.0492. The second-order valence-corrected chi connectivity index (χ2v) is 6.15. The predicted octanol–water partition coefficient (Wildman–Crippen LogP) is 3.12. The molecule has 0 saturated carbocycles. The molecule has 6 nitrogen and oxygen atoms in total. The molecule has 130 valence electrons.